The van der Waals surface area contributed by atoms with Gasteiger partial charge in [0.25, 0.3) is 5.91 Å². The van der Waals surface area contributed by atoms with Crippen molar-refractivity contribution >= 4 is 39.9 Å². The summed E-state index contributed by atoms with van der Waals surface area (Å²) in [5, 5.41) is 13.3. The van der Waals surface area contributed by atoms with Gasteiger partial charge in [0.1, 0.15) is 18.1 Å². The van der Waals surface area contributed by atoms with Crippen LogP contribution in [-0.2, 0) is 22.7 Å². The number of carbonyl (C=O) groups excluding carboxylic acids is 2. The highest BCUT2D eigenvalue weighted by atomic mass is 32.1. The van der Waals surface area contributed by atoms with E-state index in [1.54, 1.807) is 27.8 Å². The molecule has 6 rings (SSSR count). The molecule has 3 aromatic carbocycles. The monoisotopic (exact) mass is 539 g/mol. The van der Waals surface area contributed by atoms with Gasteiger partial charge in [-0.1, -0.05) is 47.7 Å². The van der Waals surface area contributed by atoms with Crippen LogP contribution < -0.4 is 14.8 Å². The van der Waals surface area contributed by atoms with Crippen molar-refractivity contribution < 1.29 is 19.1 Å². The normalized spacial score (nSPS) is 12.8. The molecule has 0 spiro atoms. The Bertz CT molecular complexity index is 1650. The standard InChI is InChI=1S/C29H25N5O4S/c1-19-7-2-3-8-20(19)16-33(27(35)17-34-23-10-5-4-9-22(23)31-32-34)28(26-11-6-14-39-26)29(36)30-21-12-13-24-25(15-21)38-18-37-24/h2-15,28H,16-18H2,1H3,(H,30,36)/t28-/m0/s1. The SMILES string of the molecule is Cc1ccccc1CN(C(=O)Cn1nnc2ccccc21)[C@H](C(=O)Nc1ccc2c(c1)OCO2)c1cccs1. The summed E-state index contributed by atoms with van der Waals surface area (Å²) in [6.07, 6.45) is 0. The van der Waals surface area contributed by atoms with E-state index in [1.807, 2.05) is 73.0 Å². The number of amides is 2. The van der Waals surface area contributed by atoms with Gasteiger partial charge in [-0.25, -0.2) is 4.68 Å². The molecule has 5 aromatic rings. The average Bonchev–Trinajstić information content (AvgIpc) is 3.71. The molecule has 1 atom stereocenters. The average molecular weight is 540 g/mol. The Hall–Kier alpha value is -4.70. The lowest BCUT2D eigenvalue weighted by Gasteiger charge is -2.31. The Morgan fingerprint density at radius 1 is 1.03 bits per heavy atom. The lowest BCUT2D eigenvalue weighted by molar-refractivity contribution is -0.140. The van der Waals surface area contributed by atoms with Crippen molar-refractivity contribution in [3.05, 3.63) is 100 Å². The lowest BCUT2D eigenvalue weighted by atomic mass is 10.1. The summed E-state index contributed by atoms with van der Waals surface area (Å²) in [6.45, 7) is 2.32. The molecule has 2 amide bonds. The minimum absolute atomic E-state index is 0.0639. The highest BCUT2D eigenvalue weighted by Crippen LogP contribution is 2.35. The number of nitrogens with zero attached hydrogens (tertiary/aromatic N) is 4. The highest BCUT2D eigenvalue weighted by molar-refractivity contribution is 7.10. The Morgan fingerprint density at radius 2 is 1.85 bits per heavy atom. The fraction of sp³-hybridized carbons (Fsp3) is 0.172. The van der Waals surface area contributed by atoms with Crippen LogP contribution >= 0.6 is 11.3 Å². The number of ether oxygens (including phenoxy) is 2. The molecule has 0 radical (unpaired) electrons. The number of nitrogens with one attached hydrogen (secondary N) is 1. The van der Waals surface area contributed by atoms with Gasteiger partial charge in [0.15, 0.2) is 11.5 Å². The molecule has 0 fully saturated rings. The minimum atomic E-state index is -0.877. The topological polar surface area (TPSA) is 98.6 Å². The molecule has 0 bridgehead atoms. The summed E-state index contributed by atoms with van der Waals surface area (Å²) in [7, 11) is 0. The Morgan fingerprint density at radius 3 is 2.69 bits per heavy atom. The van der Waals surface area contributed by atoms with E-state index in [9.17, 15) is 9.59 Å². The van der Waals surface area contributed by atoms with Crippen LogP contribution in [-0.4, -0.2) is 38.5 Å². The van der Waals surface area contributed by atoms with Gasteiger partial charge in [-0.05, 0) is 53.8 Å². The van der Waals surface area contributed by atoms with Crippen molar-refractivity contribution in [1.29, 1.82) is 0 Å². The molecule has 0 aliphatic carbocycles. The third-order valence-corrected chi connectivity index (χ3v) is 7.57. The van der Waals surface area contributed by atoms with Gasteiger partial charge in [-0.3, -0.25) is 9.59 Å². The van der Waals surface area contributed by atoms with Crippen LogP contribution in [0.3, 0.4) is 0 Å². The molecule has 9 nitrogen and oxygen atoms in total. The van der Waals surface area contributed by atoms with Crippen LogP contribution in [0.15, 0.2) is 84.2 Å². The summed E-state index contributed by atoms with van der Waals surface area (Å²) >= 11 is 1.43. The van der Waals surface area contributed by atoms with Crippen LogP contribution in [0.4, 0.5) is 5.69 Å². The number of carbonyl (C=O) groups is 2. The highest BCUT2D eigenvalue weighted by Gasteiger charge is 2.33. The van der Waals surface area contributed by atoms with Crippen molar-refractivity contribution in [3.8, 4) is 11.5 Å². The zero-order valence-corrected chi connectivity index (χ0v) is 21.9. The predicted octanol–water partition coefficient (Wildman–Crippen LogP) is 4.94. The van der Waals surface area contributed by atoms with E-state index in [1.165, 1.54) is 11.3 Å². The molecular weight excluding hydrogens is 514 g/mol. The van der Waals surface area contributed by atoms with E-state index >= 15 is 0 Å². The summed E-state index contributed by atoms with van der Waals surface area (Å²) in [5.74, 6) is 0.598. The number of thiophene rings is 1. The zero-order valence-electron chi connectivity index (χ0n) is 21.1. The zero-order chi connectivity index (χ0) is 26.8. The molecule has 0 saturated carbocycles. The summed E-state index contributed by atoms with van der Waals surface area (Å²) in [6, 6.07) is 23.4. The number of aryl methyl sites for hydroxylation is 1. The molecule has 2 aromatic heterocycles. The number of anilines is 1. The summed E-state index contributed by atoms with van der Waals surface area (Å²) in [4.78, 5) is 30.4. The maximum Gasteiger partial charge on any atom is 0.252 e. The minimum Gasteiger partial charge on any atom is -0.454 e. The Labute approximate surface area is 228 Å². The van der Waals surface area contributed by atoms with Crippen molar-refractivity contribution in [3.63, 3.8) is 0 Å². The second kappa shape index (κ2) is 10.6. The Kier molecular flexibility index (Phi) is 6.68. The summed E-state index contributed by atoms with van der Waals surface area (Å²) in [5.41, 5.74) is 3.98. The number of hydrogen-bond acceptors (Lipinski definition) is 7. The molecule has 1 aliphatic heterocycles. The van der Waals surface area contributed by atoms with E-state index in [0.29, 0.717) is 22.7 Å². The molecular formula is C29H25N5O4S. The molecule has 10 heteroatoms. The smallest absolute Gasteiger partial charge is 0.252 e. The van der Waals surface area contributed by atoms with E-state index in [4.69, 9.17) is 9.47 Å². The van der Waals surface area contributed by atoms with Gasteiger partial charge in [0.05, 0.1) is 5.52 Å². The molecule has 1 aliphatic rings. The molecule has 0 saturated heterocycles. The number of aromatic nitrogens is 3. The van der Waals surface area contributed by atoms with Crippen molar-refractivity contribution in [1.82, 2.24) is 19.9 Å². The van der Waals surface area contributed by atoms with Gasteiger partial charge in [0, 0.05) is 23.2 Å². The van der Waals surface area contributed by atoms with Gasteiger partial charge in [-0.2, -0.15) is 0 Å². The van der Waals surface area contributed by atoms with E-state index in [0.717, 1.165) is 21.5 Å². The maximum atomic E-state index is 14.0. The summed E-state index contributed by atoms with van der Waals surface area (Å²) < 4.78 is 12.4. The molecule has 0 unspecified atom stereocenters. The maximum absolute atomic E-state index is 14.0. The first-order valence-electron chi connectivity index (χ1n) is 12.4. The molecule has 3 heterocycles. The van der Waals surface area contributed by atoms with Crippen LogP contribution in [0.25, 0.3) is 11.0 Å². The van der Waals surface area contributed by atoms with E-state index < -0.39 is 6.04 Å². The van der Waals surface area contributed by atoms with Crippen LogP contribution in [0, 0.1) is 6.92 Å². The second-order valence-electron chi connectivity index (χ2n) is 9.16. The largest absolute Gasteiger partial charge is 0.454 e. The van der Waals surface area contributed by atoms with E-state index in [-0.39, 0.29) is 31.7 Å². The first-order chi connectivity index (χ1) is 19.1. The number of hydrogen-bond donors (Lipinski definition) is 1. The fourth-order valence-electron chi connectivity index (χ4n) is 4.60. The number of fused-ring (bicyclic) bond motifs is 2. The second-order valence-corrected chi connectivity index (χ2v) is 10.1. The van der Waals surface area contributed by atoms with Crippen LogP contribution in [0.1, 0.15) is 22.0 Å². The first kappa shape index (κ1) is 24.6. The van der Waals surface area contributed by atoms with Gasteiger partial charge in [-0.15, -0.1) is 16.4 Å². The number of benzene rings is 3. The van der Waals surface area contributed by atoms with Crippen molar-refractivity contribution in [2.45, 2.75) is 26.1 Å². The molecule has 1 N–H and O–H groups in total. The predicted molar refractivity (Wildman–Crippen MR) is 148 cm³/mol. The van der Waals surface area contributed by atoms with E-state index in [2.05, 4.69) is 15.6 Å². The third-order valence-electron chi connectivity index (χ3n) is 6.64. The van der Waals surface area contributed by atoms with Crippen molar-refractivity contribution in [2.24, 2.45) is 0 Å². The van der Waals surface area contributed by atoms with Gasteiger partial charge >= 0.3 is 0 Å². The number of para-hydroxylation sites is 1. The van der Waals surface area contributed by atoms with Crippen LogP contribution in [0.5, 0.6) is 11.5 Å². The number of rotatable bonds is 8. The molecule has 39 heavy (non-hydrogen) atoms. The fourth-order valence-corrected chi connectivity index (χ4v) is 5.44. The van der Waals surface area contributed by atoms with Gasteiger partial charge in [0.2, 0.25) is 12.7 Å². The quantitative estimate of drug-likeness (QED) is 0.300. The first-order valence-corrected chi connectivity index (χ1v) is 13.3. The van der Waals surface area contributed by atoms with Gasteiger partial charge < -0.3 is 19.7 Å². The lowest BCUT2D eigenvalue weighted by Crippen LogP contribution is -2.42. The van der Waals surface area contributed by atoms with Crippen molar-refractivity contribution in [2.75, 3.05) is 12.1 Å². The molecule has 196 valence electrons. The Balaban J connectivity index is 1.36. The third kappa shape index (κ3) is 5.06. The van der Waals surface area contributed by atoms with Crippen LogP contribution in [0.2, 0.25) is 0 Å².